The summed E-state index contributed by atoms with van der Waals surface area (Å²) in [4.78, 5) is 14.1. The van der Waals surface area contributed by atoms with Gasteiger partial charge < -0.3 is 15.3 Å². The van der Waals surface area contributed by atoms with Gasteiger partial charge in [0.2, 0.25) is 0 Å². The lowest BCUT2D eigenvalue weighted by Gasteiger charge is -2.29. The highest BCUT2D eigenvalue weighted by Crippen LogP contribution is 2.23. The molecule has 0 aliphatic carbocycles. The number of aryl methyl sites for hydroxylation is 1. The number of nitrogens with zero attached hydrogens (tertiary/aromatic N) is 1. The van der Waals surface area contributed by atoms with Crippen LogP contribution in [0.15, 0.2) is 42.5 Å². The van der Waals surface area contributed by atoms with Crippen LogP contribution >= 0.6 is 0 Å². The summed E-state index contributed by atoms with van der Waals surface area (Å²) in [6.45, 7) is 3.21. The Labute approximate surface area is 124 Å². The molecule has 2 N–H and O–H groups in total. The molecule has 3 rings (SSSR count). The second-order valence-electron chi connectivity index (χ2n) is 5.42. The van der Waals surface area contributed by atoms with Crippen LogP contribution in [0.5, 0.6) is 5.75 Å². The van der Waals surface area contributed by atoms with E-state index in [1.807, 2.05) is 37.3 Å². The Kier molecular flexibility index (Phi) is 3.52. The average molecular weight is 282 g/mol. The molecule has 0 atom stereocenters. The second kappa shape index (κ2) is 5.48. The summed E-state index contributed by atoms with van der Waals surface area (Å²) in [7, 11) is 0. The lowest BCUT2D eigenvalue weighted by molar-refractivity contribution is 0.206. The molecule has 0 saturated heterocycles. The summed E-state index contributed by atoms with van der Waals surface area (Å²) in [6.07, 6.45) is 0.816. The van der Waals surface area contributed by atoms with Crippen molar-refractivity contribution in [3.8, 4) is 5.75 Å². The molecule has 0 aromatic heterocycles. The zero-order valence-electron chi connectivity index (χ0n) is 12.0. The molecule has 0 radical (unpaired) electrons. The predicted octanol–water partition coefficient (Wildman–Crippen LogP) is 3.29. The van der Waals surface area contributed by atoms with E-state index in [0.29, 0.717) is 13.1 Å². The number of amides is 2. The van der Waals surface area contributed by atoms with E-state index in [9.17, 15) is 9.90 Å². The van der Waals surface area contributed by atoms with E-state index >= 15 is 0 Å². The molecule has 1 heterocycles. The Morgan fingerprint density at radius 3 is 2.86 bits per heavy atom. The van der Waals surface area contributed by atoms with Gasteiger partial charge >= 0.3 is 6.03 Å². The average Bonchev–Trinajstić information content (AvgIpc) is 2.46. The van der Waals surface area contributed by atoms with E-state index in [-0.39, 0.29) is 11.8 Å². The van der Waals surface area contributed by atoms with E-state index in [0.717, 1.165) is 23.2 Å². The van der Waals surface area contributed by atoms with Crippen molar-refractivity contribution in [3.05, 3.63) is 59.2 Å². The Hall–Kier alpha value is -2.49. The number of nitrogens with one attached hydrogen (secondary N) is 1. The van der Waals surface area contributed by atoms with Crippen molar-refractivity contribution in [1.29, 1.82) is 0 Å². The van der Waals surface area contributed by atoms with Crippen LogP contribution in [-0.2, 0) is 13.0 Å². The number of rotatable bonds is 1. The maximum absolute atomic E-state index is 12.3. The van der Waals surface area contributed by atoms with Gasteiger partial charge in [-0.05, 0) is 54.3 Å². The Balaban J connectivity index is 1.72. The van der Waals surface area contributed by atoms with Crippen LogP contribution in [0.4, 0.5) is 10.5 Å². The number of carbonyl (C=O) groups excluding carboxylic acids is 1. The highest BCUT2D eigenvalue weighted by molar-refractivity contribution is 5.89. The maximum Gasteiger partial charge on any atom is 0.322 e. The second-order valence-corrected chi connectivity index (χ2v) is 5.42. The number of urea groups is 1. The van der Waals surface area contributed by atoms with Gasteiger partial charge in [-0.3, -0.25) is 0 Å². The number of phenolic OH excluding ortho intramolecular Hbond substituents is 1. The van der Waals surface area contributed by atoms with Gasteiger partial charge in [0.1, 0.15) is 5.75 Å². The summed E-state index contributed by atoms with van der Waals surface area (Å²) in [5.74, 6) is 0.245. The van der Waals surface area contributed by atoms with E-state index in [2.05, 4.69) is 5.32 Å². The third-order valence-corrected chi connectivity index (χ3v) is 3.76. The smallest absolute Gasteiger partial charge is 0.322 e. The van der Waals surface area contributed by atoms with Gasteiger partial charge in [-0.25, -0.2) is 4.79 Å². The Morgan fingerprint density at radius 2 is 2.05 bits per heavy atom. The summed E-state index contributed by atoms with van der Waals surface area (Å²) in [5.41, 5.74) is 4.14. The largest absolute Gasteiger partial charge is 0.508 e. The fourth-order valence-electron chi connectivity index (χ4n) is 2.64. The quantitative estimate of drug-likeness (QED) is 0.843. The zero-order chi connectivity index (χ0) is 14.8. The van der Waals surface area contributed by atoms with Crippen molar-refractivity contribution in [2.24, 2.45) is 0 Å². The lowest BCUT2D eigenvalue weighted by Crippen LogP contribution is -2.38. The van der Waals surface area contributed by atoms with Gasteiger partial charge in [-0.1, -0.05) is 18.2 Å². The first kappa shape index (κ1) is 13.5. The van der Waals surface area contributed by atoms with Gasteiger partial charge in [0.25, 0.3) is 0 Å². The standard InChI is InChI=1S/C17H18N2O2/c1-12-3-2-4-15(9-12)18-17(21)19-8-7-13-5-6-16(20)10-14(13)11-19/h2-6,9-10,20H,7-8,11H2,1H3,(H,18,21). The van der Waals surface area contributed by atoms with Crippen molar-refractivity contribution < 1.29 is 9.90 Å². The molecule has 2 amide bonds. The molecule has 2 aromatic carbocycles. The minimum absolute atomic E-state index is 0.102. The molecule has 21 heavy (non-hydrogen) atoms. The van der Waals surface area contributed by atoms with Crippen LogP contribution in [-0.4, -0.2) is 22.6 Å². The number of hydrogen-bond donors (Lipinski definition) is 2. The number of hydrogen-bond acceptors (Lipinski definition) is 2. The molecule has 2 aromatic rings. The van der Waals surface area contributed by atoms with Crippen molar-refractivity contribution in [2.75, 3.05) is 11.9 Å². The van der Waals surface area contributed by atoms with Crippen molar-refractivity contribution >= 4 is 11.7 Å². The summed E-state index contributed by atoms with van der Waals surface area (Å²) < 4.78 is 0. The molecule has 1 aliphatic heterocycles. The fraction of sp³-hybridized carbons (Fsp3) is 0.235. The van der Waals surface area contributed by atoms with Crippen LogP contribution in [0.25, 0.3) is 0 Å². The first-order valence-electron chi connectivity index (χ1n) is 7.05. The number of anilines is 1. The molecule has 0 unspecified atom stereocenters. The number of benzene rings is 2. The Morgan fingerprint density at radius 1 is 1.19 bits per heavy atom. The molecule has 0 fully saturated rings. The molecule has 0 saturated carbocycles. The number of phenols is 1. The molecule has 1 aliphatic rings. The normalized spacial score (nSPS) is 13.7. The summed E-state index contributed by atoms with van der Waals surface area (Å²) >= 11 is 0. The third kappa shape index (κ3) is 2.99. The fourth-order valence-corrected chi connectivity index (χ4v) is 2.64. The number of carbonyl (C=O) groups is 1. The molecule has 4 heteroatoms. The van der Waals surface area contributed by atoms with Crippen LogP contribution in [0.3, 0.4) is 0 Å². The first-order valence-corrected chi connectivity index (χ1v) is 7.05. The predicted molar refractivity (Wildman–Crippen MR) is 82.4 cm³/mol. The molecule has 0 spiro atoms. The molecule has 108 valence electrons. The molecule has 4 nitrogen and oxygen atoms in total. The molecular weight excluding hydrogens is 264 g/mol. The lowest BCUT2D eigenvalue weighted by atomic mass is 10.00. The van der Waals surface area contributed by atoms with Gasteiger partial charge in [-0.2, -0.15) is 0 Å². The monoisotopic (exact) mass is 282 g/mol. The van der Waals surface area contributed by atoms with Crippen LogP contribution in [0.1, 0.15) is 16.7 Å². The summed E-state index contributed by atoms with van der Waals surface area (Å²) in [5, 5.41) is 12.5. The van der Waals surface area contributed by atoms with Gasteiger partial charge in [0.15, 0.2) is 0 Å². The third-order valence-electron chi connectivity index (χ3n) is 3.76. The zero-order valence-corrected chi connectivity index (χ0v) is 12.0. The summed E-state index contributed by atoms with van der Waals surface area (Å²) in [6, 6.07) is 13.0. The van der Waals surface area contributed by atoms with Gasteiger partial charge in [0, 0.05) is 18.8 Å². The number of fused-ring (bicyclic) bond motifs is 1. The van der Waals surface area contributed by atoms with E-state index in [1.54, 1.807) is 17.0 Å². The van der Waals surface area contributed by atoms with Crippen molar-refractivity contribution in [2.45, 2.75) is 19.9 Å². The topological polar surface area (TPSA) is 52.6 Å². The number of aromatic hydroxyl groups is 1. The van der Waals surface area contributed by atoms with E-state index < -0.39 is 0 Å². The minimum atomic E-state index is -0.102. The van der Waals surface area contributed by atoms with Crippen molar-refractivity contribution in [3.63, 3.8) is 0 Å². The van der Waals surface area contributed by atoms with Crippen LogP contribution in [0, 0.1) is 6.92 Å². The minimum Gasteiger partial charge on any atom is -0.508 e. The van der Waals surface area contributed by atoms with Gasteiger partial charge in [0.05, 0.1) is 0 Å². The first-order chi connectivity index (χ1) is 10.1. The van der Waals surface area contributed by atoms with Crippen LogP contribution in [0.2, 0.25) is 0 Å². The molecule has 0 bridgehead atoms. The highest BCUT2D eigenvalue weighted by atomic mass is 16.3. The maximum atomic E-state index is 12.3. The Bertz CT molecular complexity index is 682. The SMILES string of the molecule is Cc1cccc(NC(=O)N2CCc3ccc(O)cc3C2)c1. The van der Waals surface area contributed by atoms with Crippen molar-refractivity contribution in [1.82, 2.24) is 4.90 Å². The van der Waals surface area contributed by atoms with Crippen LogP contribution < -0.4 is 5.32 Å². The highest BCUT2D eigenvalue weighted by Gasteiger charge is 2.20. The van der Waals surface area contributed by atoms with E-state index in [4.69, 9.17) is 0 Å². The molecular formula is C17H18N2O2. The van der Waals surface area contributed by atoms with Gasteiger partial charge in [-0.15, -0.1) is 0 Å². The van der Waals surface area contributed by atoms with E-state index in [1.165, 1.54) is 5.56 Å².